The average molecular weight is 513 g/mol. The molecule has 2 saturated heterocycles. The number of aromatic nitrogens is 4. The fourth-order valence-corrected chi connectivity index (χ4v) is 7.63. The molecule has 2 aliphatic heterocycles. The lowest BCUT2D eigenvalue weighted by Crippen LogP contribution is -2.47. The quantitative estimate of drug-likeness (QED) is 0.634. The summed E-state index contributed by atoms with van der Waals surface area (Å²) in [5, 5.41) is 16.9. The molecule has 0 bridgehead atoms. The lowest BCUT2D eigenvalue weighted by Gasteiger charge is -2.32. The Labute approximate surface area is 203 Å². The zero-order valence-electron chi connectivity index (χ0n) is 19.7. The highest BCUT2D eigenvalue weighted by atomic mass is 32.2. The zero-order chi connectivity index (χ0) is 24.8. The zero-order valence-corrected chi connectivity index (χ0v) is 20.5. The van der Waals surface area contributed by atoms with Crippen molar-refractivity contribution < 1.29 is 21.6 Å². The number of nitrogens with one attached hydrogen (secondary N) is 2. The molecule has 2 unspecified atom stereocenters. The van der Waals surface area contributed by atoms with Gasteiger partial charge in [-0.2, -0.15) is 18.4 Å². The van der Waals surface area contributed by atoms with Crippen molar-refractivity contribution in [1.29, 1.82) is 0 Å². The van der Waals surface area contributed by atoms with Crippen LogP contribution in [0.5, 0.6) is 0 Å². The maximum Gasteiger partial charge on any atom is 0.417 e. The molecule has 8 nitrogen and oxygen atoms in total. The van der Waals surface area contributed by atoms with Crippen molar-refractivity contribution in [1.82, 2.24) is 30.8 Å². The molecule has 2 aromatic rings. The van der Waals surface area contributed by atoms with Gasteiger partial charge in [-0.1, -0.05) is 6.07 Å². The number of sulfone groups is 1. The van der Waals surface area contributed by atoms with Gasteiger partial charge in [0.2, 0.25) is 5.82 Å². The Kier molecular flexibility index (Phi) is 6.64. The number of tetrazole rings is 1. The highest BCUT2D eigenvalue weighted by molar-refractivity contribution is 7.91. The van der Waals surface area contributed by atoms with Gasteiger partial charge in [0.25, 0.3) is 0 Å². The van der Waals surface area contributed by atoms with Crippen LogP contribution in [0.1, 0.15) is 55.6 Å². The van der Waals surface area contributed by atoms with Crippen LogP contribution in [0, 0.1) is 11.8 Å². The molecule has 35 heavy (non-hydrogen) atoms. The van der Waals surface area contributed by atoms with E-state index in [0.29, 0.717) is 23.4 Å². The van der Waals surface area contributed by atoms with Crippen molar-refractivity contribution in [3.63, 3.8) is 0 Å². The van der Waals surface area contributed by atoms with Gasteiger partial charge in [0.1, 0.15) is 0 Å². The second-order valence-electron chi connectivity index (χ2n) is 10.3. The predicted molar refractivity (Wildman–Crippen MR) is 123 cm³/mol. The number of H-pyrrole nitrogens is 1. The fraction of sp³-hybridized carbons (Fsp3) is 0.696. The van der Waals surface area contributed by atoms with E-state index < -0.39 is 26.5 Å². The van der Waals surface area contributed by atoms with E-state index in [9.17, 15) is 21.6 Å². The van der Waals surface area contributed by atoms with Crippen molar-refractivity contribution >= 4 is 9.84 Å². The van der Waals surface area contributed by atoms with Gasteiger partial charge in [0.05, 0.1) is 10.5 Å². The maximum atomic E-state index is 13.8. The Morgan fingerprint density at radius 2 is 1.91 bits per heavy atom. The number of hydrogen-bond donors (Lipinski definition) is 2. The van der Waals surface area contributed by atoms with Crippen LogP contribution < -0.4 is 5.32 Å². The van der Waals surface area contributed by atoms with E-state index in [1.54, 1.807) is 0 Å². The normalized spacial score (nSPS) is 28.2. The predicted octanol–water partition coefficient (Wildman–Crippen LogP) is 3.25. The minimum Gasteiger partial charge on any atom is -0.314 e. The first-order chi connectivity index (χ1) is 16.6. The van der Waals surface area contributed by atoms with Gasteiger partial charge in [-0.05, 0) is 73.1 Å². The molecule has 0 spiro atoms. The van der Waals surface area contributed by atoms with E-state index in [1.165, 1.54) is 18.9 Å². The topological polar surface area (TPSA) is 104 Å². The molecule has 5 rings (SSSR count). The van der Waals surface area contributed by atoms with Crippen LogP contribution in [-0.4, -0.2) is 72.4 Å². The van der Waals surface area contributed by atoms with Crippen LogP contribution in [0.4, 0.5) is 13.2 Å². The van der Waals surface area contributed by atoms with Crippen LogP contribution in [0.25, 0.3) is 11.4 Å². The summed E-state index contributed by atoms with van der Waals surface area (Å²) in [5.74, 6) is 1.11. The molecule has 2 N–H and O–H groups in total. The van der Waals surface area contributed by atoms with E-state index in [-0.39, 0.29) is 17.3 Å². The van der Waals surface area contributed by atoms with Crippen molar-refractivity contribution in [2.24, 2.45) is 11.8 Å². The first-order valence-corrected chi connectivity index (χ1v) is 14.1. The van der Waals surface area contributed by atoms with Crippen molar-refractivity contribution in [2.45, 2.75) is 61.6 Å². The number of rotatable bonds is 5. The molecule has 3 fully saturated rings. The van der Waals surface area contributed by atoms with E-state index in [1.807, 2.05) is 0 Å². The van der Waals surface area contributed by atoms with Crippen LogP contribution in [-0.2, 0) is 16.0 Å². The van der Waals surface area contributed by atoms with E-state index in [0.717, 1.165) is 64.2 Å². The molecule has 1 aromatic carbocycles. The summed E-state index contributed by atoms with van der Waals surface area (Å²) in [6.45, 7) is 4.40. The highest BCUT2D eigenvalue weighted by Crippen LogP contribution is 2.46. The van der Waals surface area contributed by atoms with Gasteiger partial charge in [0.15, 0.2) is 9.84 Å². The fourth-order valence-electron chi connectivity index (χ4n) is 6.46. The largest absolute Gasteiger partial charge is 0.417 e. The van der Waals surface area contributed by atoms with Crippen molar-refractivity contribution in [2.75, 3.05) is 32.4 Å². The Bertz CT molecular complexity index is 1130. The standard InChI is InChI=1S/C23H31F3N6O2S/c1-35(33,34)21-19(23(24,25)26)7-6-18(20(21)22-28-30-31-29-22)16-4-2-14(3-5-16)10-15-11-17-12-27-8-9-32(17)13-15/h6-7,14-17,27H,2-5,8-13H2,1H3,(H,28,29,30,31). The number of fused-ring (bicyclic) bond motifs is 1. The molecular weight excluding hydrogens is 481 g/mol. The first kappa shape index (κ1) is 24.6. The average Bonchev–Trinajstić information content (AvgIpc) is 3.47. The number of halogens is 3. The summed E-state index contributed by atoms with van der Waals surface area (Å²) in [6, 6.07) is 2.95. The van der Waals surface area contributed by atoms with Crippen LogP contribution in [0.2, 0.25) is 0 Å². The second kappa shape index (κ2) is 9.44. The Balaban J connectivity index is 1.38. The number of nitrogens with zero attached hydrogens (tertiary/aromatic N) is 4. The summed E-state index contributed by atoms with van der Waals surface area (Å²) in [7, 11) is -4.22. The molecule has 0 radical (unpaired) electrons. The second-order valence-corrected chi connectivity index (χ2v) is 12.3. The number of benzene rings is 1. The van der Waals surface area contributed by atoms with Gasteiger partial charge in [-0.15, -0.1) is 10.2 Å². The van der Waals surface area contributed by atoms with Crippen molar-refractivity contribution in [3.05, 3.63) is 23.3 Å². The molecule has 3 aliphatic rings. The van der Waals surface area contributed by atoms with Crippen LogP contribution >= 0.6 is 0 Å². The summed E-state index contributed by atoms with van der Waals surface area (Å²) in [4.78, 5) is 1.83. The summed E-state index contributed by atoms with van der Waals surface area (Å²) in [6.07, 6.45) is 1.93. The SMILES string of the molecule is CS(=O)(=O)c1c(C(F)(F)F)ccc(C2CCC(CC3CC4CNCCN4C3)CC2)c1-c1nn[nH]n1. The molecule has 0 amide bonds. The molecule has 192 valence electrons. The van der Waals surface area contributed by atoms with Crippen LogP contribution in [0.3, 0.4) is 0 Å². The molecule has 1 aliphatic carbocycles. The summed E-state index contributed by atoms with van der Waals surface area (Å²) < 4.78 is 66.6. The number of alkyl halides is 3. The molecular formula is C23H31F3N6O2S. The monoisotopic (exact) mass is 512 g/mol. The minimum atomic E-state index is -4.82. The minimum absolute atomic E-state index is 0.0540. The van der Waals surface area contributed by atoms with E-state index in [4.69, 9.17) is 0 Å². The lowest BCUT2D eigenvalue weighted by molar-refractivity contribution is -0.139. The number of aromatic amines is 1. The molecule has 2 atom stereocenters. The van der Waals surface area contributed by atoms with E-state index >= 15 is 0 Å². The van der Waals surface area contributed by atoms with Gasteiger partial charge in [-0.3, -0.25) is 4.90 Å². The number of hydrogen-bond acceptors (Lipinski definition) is 7. The lowest BCUT2D eigenvalue weighted by atomic mass is 9.74. The van der Waals surface area contributed by atoms with Crippen LogP contribution in [0.15, 0.2) is 17.0 Å². The van der Waals surface area contributed by atoms with Gasteiger partial charge < -0.3 is 5.32 Å². The van der Waals surface area contributed by atoms with Gasteiger partial charge in [-0.25, -0.2) is 8.42 Å². The Morgan fingerprint density at radius 1 is 1.14 bits per heavy atom. The molecule has 3 heterocycles. The third-order valence-corrected chi connectivity index (χ3v) is 9.12. The third-order valence-electron chi connectivity index (χ3n) is 7.96. The maximum absolute atomic E-state index is 13.8. The summed E-state index contributed by atoms with van der Waals surface area (Å²) in [5.41, 5.74) is -0.702. The van der Waals surface area contributed by atoms with Gasteiger partial charge in [0, 0.05) is 44.0 Å². The van der Waals surface area contributed by atoms with Gasteiger partial charge >= 0.3 is 6.18 Å². The molecule has 1 saturated carbocycles. The number of piperazine rings is 1. The summed E-state index contributed by atoms with van der Waals surface area (Å²) >= 11 is 0. The first-order valence-electron chi connectivity index (χ1n) is 12.2. The third kappa shape index (κ3) is 5.10. The molecule has 12 heteroatoms. The van der Waals surface area contributed by atoms with Crippen molar-refractivity contribution in [3.8, 4) is 11.4 Å². The highest BCUT2D eigenvalue weighted by Gasteiger charge is 2.41. The Hall–Kier alpha value is -2.05. The Morgan fingerprint density at radius 3 is 2.54 bits per heavy atom. The smallest absolute Gasteiger partial charge is 0.314 e. The molecule has 1 aromatic heterocycles. The van der Waals surface area contributed by atoms with E-state index in [2.05, 4.69) is 30.8 Å².